The fraction of sp³-hybridized carbons (Fsp3) is 0.667. The van der Waals surface area contributed by atoms with E-state index in [1.807, 2.05) is 0 Å². The molecule has 0 atom stereocenters. The molecule has 0 spiro atoms. The minimum atomic E-state index is -0.307. The lowest BCUT2D eigenvalue weighted by Gasteiger charge is -2.24. The molecule has 1 aliphatic heterocycles. The Morgan fingerprint density at radius 3 is 3.00 bits per heavy atom. The third-order valence-electron chi connectivity index (χ3n) is 1.50. The maximum Gasteiger partial charge on any atom is 0.244 e. The highest BCUT2D eigenvalue weighted by atomic mass is 35.5. The Morgan fingerprint density at radius 2 is 2.45 bits per heavy atom. The molecule has 0 aromatic rings. The number of piperazine rings is 1. The number of imide groups is 1. The van der Waals surface area contributed by atoms with E-state index in [2.05, 4.69) is 5.32 Å². The quantitative estimate of drug-likeness (QED) is 0.532. The van der Waals surface area contributed by atoms with E-state index in [-0.39, 0.29) is 24.2 Å². The van der Waals surface area contributed by atoms with Crippen LogP contribution in [0, 0.1) is 0 Å². The third kappa shape index (κ3) is 1.91. The summed E-state index contributed by atoms with van der Waals surface area (Å²) in [5, 5.41) is 2.86. The van der Waals surface area contributed by atoms with E-state index in [1.54, 1.807) is 0 Å². The summed E-state index contributed by atoms with van der Waals surface area (Å²) in [5.74, 6) is -0.619. The van der Waals surface area contributed by atoms with Gasteiger partial charge in [-0.1, -0.05) is 0 Å². The number of nitrogens with one attached hydrogen (secondary N) is 1. The zero-order valence-corrected chi connectivity index (χ0v) is 6.73. The highest BCUT2D eigenvalue weighted by Crippen LogP contribution is 1.96. The summed E-state index contributed by atoms with van der Waals surface area (Å²) in [7, 11) is 0. The molecule has 4 nitrogen and oxygen atoms in total. The topological polar surface area (TPSA) is 49.4 Å². The van der Waals surface area contributed by atoms with Crippen LogP contribution in [0.25, 0.3) is 0 Å². The Morgan fingerprint density at radius 1 is 1.73 bits per heavy atom. The van der Waals surface area contributed by atoms with Crippen LogP contribution in [-0.2, 0) is 9.59 Å². The van der Waals surface area contributed by atoms with Crippen LogP contribution in [0.2, 0.25) is 0 Å². The van der Waals surface area contributed by atoms with Gasteiger partial charge in [-0.3, -0.25) is 14.5 Å². The van der Waals surface area contributed by atoms with Gasteiger partial charge in [-0.25, -0.2) is 0 Å². The van der Waals surface area contributed by atoms with Crippen LogP contribution in [0.15, 0.2) is 0 Å². The van der Waals surface area contributed by atoms with Crippen LogP contribution < -0.4 is 5.32 Å². The molecule has 2 amide bonds. The van der Waals surface area contributed by atoms with Crippen molar-refractivity contribution >= 4 is 23.4 Å². The second-order valence-corrected chi connectivity index (χ2v) is 2.52. The number of amides is 2. The Labute approximate surface area is 69.5 Å². The molecule has 1 N–H and O–H groups in total. The molecule has 0 aliphatic carbocycles. The predicted molar refractivity (Wildman–Crippen MR) is 40.3 cm³/mol. The Kier molecular flexibility index (Phi) is 2.84. The summed E-state index contributed by atoms with van der Waals surface area (Å²) in [6, 6.07) is 0. The van der Waals surface area contributed by atoms with Crippen molar-refractivity contribution in [2.24, 2.45) is 0 Å². The molecule has 1 heterocycles. The van der Waals surface area contributed by atoms with Crippen molar-refractivity contribution < 1.29 is 9.59 Å². The number of carbonyl (C=O) groups is 2. The monoisotopic (exact) mass is 176 g/mol. The van der Waals surface area contributed by atoms with Gasteiger partial charge in [0.1, 0.15) is 5.88 Å². The molecule has 11 heavy (non-hydrogen) atoms. The van der Waals surface area contributed by atoms with Crippen molar-refractivity contribution in [3.8, 4) is 0 Å². The van der Waals surface area contributed by atoms with Crippen molar-refractivity contribution in [3.63, 3.8) is 0 Å². The summed E-state index contributed by atoms with van der Waals surface area (Å²) in [6.45, 7) is 1.33. The second-order valence-electron chi connectivity index (χ2n) is 2.25. The van der Waals surface area contributed by atoms with Gasteiger partial charge in [0.2, 0.25) is 11.8 Å². The van der Waals surface area contributed by atoms with E-state index in [4.69, 9.17) is 11.6 Å². The maximum absolute atomic E-state index is 11.0. The van der Waals surface area contributed by atoms with E-state index in [0.717, 1.165) is 0 Å². The smallest absolute Gasteiger partial charge is 0.244 e. The van der Waals surface area contributed by atoms with Crippen LogP contribution in [0.3, 0.4) is 0 Å². The number of rotatable bonds is 1. The molecule has 1 aliphatic rings. The summed E-state index contributed by atoms with van der Waals surface area (Å²) in [4.78, 5) is 23.1. The first-order chi connectivity index (χ1) is 5.25. The molecule has 0 bridgehead atoms. The highest BCUT2D eigenvalue weighted by Gasteiger charge is 2.22. The molecule has 0 radical (unpaired) electrons. The van der Waals surface area contributed by atoms with Gasteiger partial charge in [0, 0.05) is 13.1 Å². The van der Waals surface area contributed by atoms with Crippen LogP contribution in [0.5, 0.6) is 0 Å². The minimum Gasteiger partial charge on any atom is -0.307 e. The largest absolute Gasteiger partial charge is 0.307 e. The second kappa shape index (κ2) is 3.69. The minimum absolute atomic E-state index is 0.119. The van der Waals surface area contributed by atoms with E-state index in [9.17, 15) is 9.59 Å². The summed E-state index contributed by atoms with van der Waals surface area (Å²) >= 11 is 5.29. The van der Waals surface area contributed by atoms with E-state index in [0.29, 0.717) is 13.1 Å². The molecule has 0 aromatic carbocycles. The Bertz CT molecular complexity index is 175. The molecule has 1 rings (SSSR count). The number of hydrogen-bond acceptors (Lipinski definition) is 3. The van der Waals surface area contributed by atoms with Gasteiger partial charge in [0.25, 0.3) is 0 Å². The molecule has 0 saturated carbocycles. The first kappa shape index (κ1) is 8.49. The van der Waals surface area contributed by atoms with Crippen molar-refractivity contribution in [3.05, 3.63) is 0 Å². The lowest BCUT2D eigenvalue weighted by molar-refractivity contribution is -0.144. The summed E-state index contributed by atoms with van der Waals surface area (Å²) in [5.41, 5.74) is 0. The lowest BCUT2D eigenvalue weighted by Crippen LogP contribution is -2.51. The SMILES string of the molecule is O=C(CCl)N1CCNCC1=O. The van der Waals surface area contributed by atoms with Gasteiger partial charge in [-0.15, -0.1) is 11.6 Å². The van der Waals surface area contributed by atoms with Crippen LogP contribution in [0.1, 0.15) is 0 Å². The molecule has 1 fully saturated rings. The summed E-state index contributed by atoms with van der Waals surface area (Å²) in [6.07, 6.45) is 0. The molecule has 0 unspecified atom stereocenters. The van der Waals surface area contributed by atoms with Gasteiger partial charge in [-0.2, -0.15) is 0 Å². The average Bonchev–Trinajstić information content (AvgIpc) is 2.04. The van der Waals surface area contributed by atoms with Crippen molar-refractivity contribution in [2.75, 3.05) is 25.5 Å². The van der Waals surface area contributed by atoms with Crippen LogP contribution in [-0.4, -0.2) is 42.2 Å². The lowest BCUT2D eigenvalue weighted by atomic mass is 10.3. The molecule has 62 valence electrons. The average molecular weight is 177 g/mol. The van der Waals surface area contributed by atoms with Crippen molar-refractivity contribution in [2.45, 2.75) is 0 Å². The number of alkyl halides is 1. The Hall–Kier alpha value is -0.610. The molecule has 0 aromatic heterocycles. The van der Waals surface area contributed by atoms with Gasteiger partial charge >= 0.3 is 0 Å². The first-order valence-electron chi connectivity index (χ1n) is 3.35. The van der Waals surface area contributed by atoms with Gasteiger partial charge < -0.3 is 5.32 Å². The van der Waals surface area contributed by atoms with Crippen molar-refractivity contribution in [1.29, 1.82) is 0 Å². The van der Waals surface area contributed by atoms with Crippen LogP contribution >= 0.6 is 11.6 Å². The van der Waals surface area contributed by atoms with Gasteiger partial charge in [0.15, 0.2) is 0 Å². The van der Waals surface area contributed by atoms with Crippen LogP contribution in [0.4, 0.5) is 0 Å². The van der Waals surface area contributed by atoms with Gasteiger partial charge in [0.05, 0.1) is 6.54 Å². The molecule has 1 saturated heterocycles. The van der Waals surface area contributed by atoms with E-state index in [1.165, 1.54) is 4.90 Å². The number of halogens is 1. The van der Waals surface area contributed by atoms with Crippen molar-refractivity contribution in [1.82, 2.24) is 10.2 Å². The normalized spacial score (nSPS) is 18.6. The molecular weight excluding hydrogens is 168 g/mol. The molecule has 5 heteroatoms. The maximum atomic E-state index is 11.0. The highest BCUT2D eigenvalue weighted by molar-refractivity contribution is 6.28. The predicted octanol–water partition coefficient (Wildman–Crippen LogP) is -0.816. The zero-order chi connectivity index (χ0) is 8.27. The number of hydrogen-bond donors (Lipinski definition) is 1. The Balaban J connectivity index is 2.54. The number of nitrogens with zero attached hydrogens (tertiary/aromatic N) is 1. The number of carbonyl (C=O) groups excluding carboxylic acids is 2. The fourth-order valence-corrected chi connectivity index (χ4v) is 1.09. The zero-order valence-electron chi connectivity index (χ0n) is 5.97. The first-order valence-corrected chi connectivity index (χ1v) is 3.89. The van der Waals surface area contributed by atoms with E-state index < -0.39 is 0 Å². The summed E-state index contributed by atoms with van der Waals surface area (Å²) < 4.78 is 0. The fourth-order valence-electron chi connectivity index (χ4n) is 0.942. The third-order valence-corrected chi connectivity index (χ3v) is 1.73. The standard InChI is InChI=1S/C6H9ClN2O2/c7-3-5(10)9-2-1-8-4-6(9)11/h8H,1-4H2. The van der Waals surface area contributed by atoms with Gasteiger partial charge in [-0.05, 0) is 0 Å². The van der Waals surface area contributed by atoms with E-state index >= 15 is 0 Å². The molecular formula is C6H9ClN2O2.